The Morgan fingerprint density at radius 2 is 0.947 bits per heavy atom. The van der Waals surface area contributed by atoms with Crippen molar-refractivity contribution in [1.82, 2.24) is 0 Å². The van der Waals surface area contributed by atoms with Crippen LogP contribution in [-0.2, 0) is 5.66 Å². The molecule has 0 spiro atoms. The fourth-order valence-electron chi connectivity index (χ4n) is 1.93. The molecule has 98 valence electrons. The number of hydrogen-bond acceptors (Lipinski definition) is 4. The summed E-state index contributed by atoms with van der Waals surface area (Å²) in [6.45, 7) is 0. The van der Waals surface area contributed by atoms with Crippen LogP contribution in [0.5, 0.6) is 0 Å². The maximum absolute atomic E-state index is 4.20. The van der Waals surface area contributed by atoms with E-state index >= 15 is 0 Å². The van der Waals surface area contributed by atoms with E-state index in [9.17, 15) is 0 Å². The number of nitrogens with zero attached hydrogens (tertiary/aromatic N) is 4. The second-order valence-corrected chi connectivity index (χ2v) is 3.78. The van der Waals surface area contributed by atoms with Crippen molar-refractivity contribution < 1.29 is 0 Å². The molecule has 0 N–H and O–H groups in total. The first kappa shape index (κ1) is 15.7. The van der Waals surface area contributed by atoms with Crippen LogP contribution in [0.4, 0.5) is 0 Å². The highest BCUT2D eigenvalue weighted by Gasteiger charge is 2.37. The molecule has 0 atom stereocenters. The Morgan fingerprint density at radius 1 is 0.579 bits per heavy atom. The van der Waals surface area contributed by atoms with Crippen LogP contribution in [0.2, 0.25) is 0 Å². The van der Waals surface area contributed by atoms with Gasteiger partial charge in [-0.2, -0.15) is 0 Å². The van der Waals surface area contributed by atoms with Crippen LogP contribution in [0.1, 0.15) is 11.1 Å². The van der Waals surface area contributed by atoms with Crippen LogP contribution in [-0.4, -0.2) is 0 Å². The van der Waals surface area contributed by atoms with Crippen molar-refractivity contribution in [1.29, 1.82) is 0 Å². The van der Waals surface area contributed by atoms with Gasteiger partial charge < -0.3 is 0 Å². The van der Waals surface area contributed by atoms with Gasteiger partial charge in [-0.15, -0.1) is 44.2 Å². The molecular weight excluding hydrogens is 372 g/mol. The average Bonchev–Trinajstić information content (AvgIpc) is 2.91. The van der Waals surface area contributed by atoms with Crippen LogP contribution in [0.25, 0.3) is 0 Å². The predicted molar refractivity (Wildman–Crippen MR) is 84.0 cm³/mol. The molecule has 1 heterocycles. The molecule has 0 fully saturated rings. The van der Waals surface area contributed by atoms with Gasteiger partial charge >= 0.3 is 0 Å². The highest BCUT2D eigenvalue weighted by Crippen LogP contribution is 2.38. The van der Waals surface area contributed by atoms with Crippen molar-refractivity contribution in [2.24, 2.45) is 20.7 Å². The Balaban J connectivity index is 0.000000902. The van der Waals surface area contributed by atoms with Gasteiger partial charge in [-0.05, 0) is 10.4 Å². The van der Waals surface area contributed by atoms with E-state index in [2.05, 4.69) is 20.7 Å². The molecule has 4 nitrogen and oxygen atoms in total. The maximum Gasteiger partial charge on any atom is 0.245 e. The molecule has 2 aromatic rings. The molecule has 0 aliphatic carbocycles. The van der Waals surface area contributed by atoms with Gasteiger partial charge in [-0.3, -0.25) is 0 Å². The first-order valence-corrected chi connectivity index (χ1v) is 5.37. The van der Waals surface area contributed by atoms with Crippen LogP contribution in [0.3, 0.4) is 0 Å². The lowest BCUT2D eigenvalue weighted by atomic mass is 9.93. The molecule has 0 bridgehead atoms. The third kappa shape index (κ3) is 2.79. The van der Waals surface area contributed by atoms with Crippen molar-refractivity contribution in [3.05, 3.63) is 71.8 Å². The van der Waals surface area contributed by atoms with Gasteiger partial charge in [0.1, 0.15) is 0 Å². The molecule has 6 heteroatoms. The smallest absolute Gasteiger partial charge is 0.125 e. The van der Waals surface area contributed by atoms with E-state index in [0.29, 0.717) is 0 Å². The lowest BCUT2D eigenvalue weighted by molar-refractivity contribution is 0.565. The van der Waals surface area contributed by atoms with E-state index in [1.54, 1.807) is 0 Å². The number of benzene rings is 2. The van der Waals surface area contributed by atoms with E-state index in [-0.39, 0.29) is 34.0 Å². The lowest BCUT2D eigenvalue weighted by Crippen LogP contribution is -2.20. The zero-order valence-corrected chi connectivity index (χ0v) is 13.3. The Labute approximate surface area is 132 Å². The summed E-state index contributed by atoms with van der Waals surface area (Å²) in [5.41, 5.74) is 1.13. The molecule has 3 rings (SSSR count). The zero-order chi connectivity index (χ0) is 11.6. The summed E-state index contributed by atoms with van der Waals surface area (Å²) in [5.74, 6) is 0. The molecular formula is C13H12Br2N4. The van der Waals surface area contributed by atoms with E-state index in [4.69, 9.17) is 0 Å². The molecule has 2 aromatic carbocycles. The molecule has 0 saturated carbocycles. The Hall–Kier alpha value is -1.40. The van der Waals surface area contributed by atoms with Crippen molar-refractivity contribution in [3.63, 3.8) is 0 Å². The van der Waals surface area contributed by atoms with Gasteiger partial charge in [0, 0.05) is 11.1 Å². The van der Waals surface area contributed by atoms with Crippen molar-refractivity contribution in [2.75, 3.05) is 0 Å². The van der Waals surface area contributed by atoms with Gasteiger partial charge in [-0.1, -0.05) is 60.7 Å². The van der Waals surface area contributed by atoms with E-state index in [0.717, 1.165) is 11.1 Å². The maximum atomic E-state index is 4.20. The Kier molecular flexibility index (Phi) is 5.50. The minimum Gasteiger partial charge on any atom is -0.125 e. The summed E-state index contributed by atoms with van der Waals surface area (Å²) in [5, 5.41) is 15.7. The van der Waals surface area contributed by atoms with Crippen LogP contribution in [0, 0.1) is 0 Å². The first-order chi connectivity index (χ1) is 8.42. The molecule has 1 aliphatic rings. The average molecular weight is 384 g/mol. The molecule has 0 radical (unpaired) electrons. The fourth-order valence-corrected chi connectivity index (χ4v) is 1.93. The summed E-state index contributed by atoms with van der Waals surface area (Å²) in [4.78, 5) is 0. The zero-order valence-electron chi connectivity index (χ0n) is 9.88. The van der Waals surface area contributed by atoms with Crippen molar-refractivity contribution >= 4 is 34.0 Å². The number of rotatable bonds is 2. The van der Waals surface area contributed by atoms with Gasteiger partial charge in [-0.25, -0.2) is 0 Å². The van der Waals surface area contributed by atoms with Crippen LogP contribution < -0.4 is 0 Å². The third-order valence-electron chi connectivity index (χ3n) is 2.77. The normalized spacial score (nSPS) is 14.5. The molecule has 0 amide bonds. The Bertz CT molecular complexity index is 516. The van der Waals surface area contributed by atoms with E-state index in [1.807, 2.05) is 60.7 Å². The fraction of sp³-hybridized carbons (Fsp3) is 0.0769. The van der Waals surface area contributed by atoms with Gasteiger partial charge in [0.2, 0.25) is 5.66 Å². The second-order valence-electron chi connectivity index (χ2n) is 3.78. The quantitative estimate of drug-likeness (QED) is 0.709. The number of halogens is 2. The van der Waals surface area contributed by atoms with Crippen molar-refractivity contribution in [2.45, 2.75) is 5.66 Å². The summed E-state index contributed by atoms with van der Waals surface area (Å²) in [6.07, 6.45) is 0. The highest BCUT2D eigenvalue weighted by atomic mass is 79.9. The van der Waals surface area contributed by atoms with E-state index < -0.39 is 5.66 Å². The van der Waals surface area contributed by atoms with Gasteiger partial charge in [0.05, 0.1) is 0 Å². The topological polar surface area (TPSA) is 49.4 Å². The van der Waals surface area contributed by atoms with Gasteiger partial charge in [0.25, 0.3) is 0 Å². The lowest BCUT2D eigenvalue weighted by Gasteiger charge is -2.20. The standard InChI is InChI=1S/C13H10N4.2BrH/c1-3-7-11(8-4-1)13(14-16-17-15-13)12-9-5-2-6-10-12;;/h1-10H;2*1H. The minimum absolute atomic E-state index is 0. The molecule has 0 aromatic heterocycles. The summed E-state index contributed by atoms with van der Waals surface area (Å²) in [6, 6.07) is 19.7. The SMILES string of the molecule is Br.Br.c1ccc(C2(c3ccccc3)N=NN=N2)cc1. The third-order valence-corrected chi connectivity index (χ3v) is 2.77. The predicted octanol–water partition coefficient (Wildman–Crippen LogP) is 4.88. The summed E-state index contributed by atoms with van der Waals surface area (Å²) >= 11 is 0. The second kappa shape index (κ2) is 6.68. The van der Waals surface area contributed by atoms with Gasteiger partial charge in [0.15, 0.2) is 0 Å². The largest absolute Gasteiger partial charge is 0.245 e. The Morgan fingerprint density at radius 3 is 1.32 bits per heavy atom. The monoisotopic (exact) mass is 382 g/mol. The highest BCUT2D eigenvalue weighted by molar-refractivity contribution is 8.93. The molecule has 19 heavy (non-hydrogen) atoms. The number of hydrogen-bond donors (Lipinski definition) is 0. The van der Waals surface area contributed by atoms with Crippen LogP contribution in [0.15, 0.2) is 81.3 Å². The minimum atomic E-state index is -0.803. The van der Waals surface area contributed by atoms with Crippen LogP contribution >= 0.6 is 34.0 Å². The first-order valence-electron chi connectivity index (χ1n) is 5.37. The van der Waals surface area contributed by atoms with E-state index in [1.165, 1.54) is 0 Å². The summed E-state index contributed by atoms with van der Waals surface area (Å²) in [7, 11) is 0. The molecule has 0 saturated heterocycles. The summed E-state index contributed by atoms with van der Waals surface area (Å²) < 4.78 is 0. The molecule has 0 unspecified atom stereocenters. The molecule has 1 aliphatic heterocycles. The van der Waals surface area contributed by atoms with Crippen molar-refractivity contribution in [3.8, 4) is 0 Å².